The second-order valence-electron chi connectivity index (χ2n) is 3.93. The number of hydrogen-bond acceptors (Lipinski definition) is 1. The lowest BCUT2D eigenvalue weighted by molar-refractivity contribution is -0.122. The number of nitrogens with one attached hydrogen (secondary N) is 1. The van der Waals surface area contributed by atoms with Gasteiger partial charge in [0, 0.05) is 12.5 Å². The molecule has 0 heterocycles. The Morgan fingerprint density at radius 3 is 1.83 bits per heavy atom. The Labute approximate surface area is 75.7 Å². The van der Waals surface area contributed by atoms with Gasteiger partial charge < -0.3 is 5.32 Å². The van der Waals surface area contributed by atoms with Gasteiger partial charge in [-0.15, -0.1) is 0 Å². The van der Waals surface area contributed by atoms with E-state index in [1.807, 2.05) is 6.92 Å². The molecule has 0 bridgehead atoms. The van der Waals surface area contributed by atoms with Crippen LogP contribution in [0.15, 0.2) is 0 Å². The van der Waals surface area contributed by atoms with Crippen molar-refractivity contribution in [2.45, 2.75) is 47.1 Å². The van der Waals surface area contributed by atoms with Crippen LogP contribution < -0.4 is 5.32 Å². The Balaban J connectivity index is 4.05. The van der Waals surface area contributed by atoms with Crippen LogP contribution in [0, 0.1) is 11.8 Å². The fraction of sp³-hybridized carbons (Fsp3) is 0.900. The Morgan fingerprint density at radius 2 is 1.58 bits per heavy atom. The highest BCUT2D eigenvalue weighted by molar-refractivity contribution is 5.75. The summed E-state index contributed by atoms with van der Waals surface area (Å²) in [6, 6.07) is 0.317. The summed E-state index contributed by atoms with van der Waals surface area (Å²) in [4.78, 5) is 11.1. The van der Waals surface area contributed by atoms with Gasteiger partial charge in [0.15, 0.2) is 0 Å². The summed E-state index contributed by atoms with van der Waals surface area (Å²) in [5.74, 6) is 1.18. The minimum atomic E-state index is 0.155. The van der Waals surface area contributed by atoms with Crippen molar-refractivity contribution in [3.63, 3.8) is 0 Å². The van der Waals surface area contributed by atoms with Gasteiger partial charge in [0.25, 0.3) is 0 Å². The Morgan fingerprint density at radius 1 is 1.17 bits per heavy atom. The molecule has 0 fully saturated rings. The first kappa shape index (κ1) is 11.5. The van der Waals surface area contributed by atoms with Crippen LogP contribution in [0.4, 0.5) is 0 Å². The number of carbonyl (C=O) groups excluding carboxylic acids is 1. The van der Waals surface area contributed by atoms with Crippen molar-refractivity contribution in [1.82, 2.24) is 5.32 Å². The van der Waals surface area contributed by atoms with Crippen molar-refractivity contribution in [2.24, 2.45) is 11.8 Å². The molecule has 72 valence electrons. The van der Waals surface area contributed by atoms with Crippen LogP contribution in [-0.4, -0.2) is 11.9 Å². The molecule has 0 saturated carbocycles. The largest absolute Gasteiger partial charge is 0.353 e. The molecule has 0 atom stereocenters. The number of carbonyl (C=O) groups is 1. The molecule has 0 aromatic rings. The summed E-state index contributed by atoms with van der Waals surface area (Å²) < 4.78 is 0. The van der Waals surface area contributed by atoms with Crippen molar-refractivity contribution in [1.29, 1.82) is 0 Å². The zero-order chi connectivity index (χ0) is 9.72. The second-order valence-corrected chi connectivity index (χ2v) is 3.93. The van der Waals surface area contributed by atoms with Crippen molar-refractivity contribution < 1.29 is 4.79 Å². The molecule has 1 N–H and O–H groups in total. The van der Waals surface area contributed by atoms with Gasteiger partial charge in [-0.3, -0.25) is 4.79 Å². The van der Waals surface area contributed by atoms with Gasteiger partial charge in [-0.2, -0.15) is 0 Å². The minimum absolute atomic E-state index is 0.155. The van der Waals surface area contributed by atoms with Gasteiger partial charge in [0.05, 0.1) is 0 Å². The van der Waals surface area contributed by atoms with Crippen molar-refractivity contribution in [3.8, 4) is 0 Å². The third kappa shape index (κ3) is 3.74. The predicted octanol–water partition coefficient (Wildman–Crippen LogP) is 2.19. The average molecular weight is 171 g/mol. The first-order chi connectivity index (χ1) is 5.49. The van der Waals surface area contributed by atoms with Crippen LogP contribution in [0.2, 0.25) is 0 Å². The Kier molecular flexibility index (Phi) is 4.95. The van der Waals surface area contributed by atoms with Crippen molar-refractivity contribution in [3.05, 3.63) is 0 Å². The number of rotatable bonds is 4. The van der Waals surface area contributed by atoms with E-state index >= 15 is 0 Å². The first-order valence-corrected chi connectivity index (χ1v) is 4.78. The maximum absolute atomic E-state index is 11.1. The van der Waals surface area contributed by atoms with Crippen LogP contribution in [0.3, 0.4) is 0 Å². The molecule has 0 unspecified atom stereocenters. The fourth-order valence-corrected chi connectivity index (χ4v) is 1.39. The maximum Gasteiger partial charge on any atom is 0.219 e. The van der Waals surface area contributed by atoms with Gasteiger partial charge in [0.2, 0.25) is 5.91 Å². The highest BCUT2D eigenvalue weighted by Gasteiger charge is 2.18. The smallest absolute Gasteiger partial charge is 0.219 e. The lowest BCUT2D eigenvalue weighted by Crippen LogP contribution is -2.41. The fourth-order valence-electron chi connectivity index (χ4n) is 1.39. The average Bonchev–Trinajstić information content (AvgIpc) is 1.98. The molecule has 0 rings (SSSR count). The van der Waals surface area contributed by atoms with E-state index < -0.39 is 0 Å². The molecule has 0 spiro atoms. The summed E-state index contributed by atoms with van der Waals surface area (Å²) in [6.45, 7) is 10.4. The highest BCUT2D eigenvalue weighted by Crippen LogP contribution is 2.11. The molecule has 0 radical (unpaired) electrons. The van der Waals surface area contributed by atoms with E-state index in [-0.39, 0.29) is 5.91 Å². The van der Waals surface area contributed by atoms with E-state index in [0.29, 0.717) is 24.3 Å². The SMILES string of the molecule is CCC(=O)NC(C(C)C)C(C)C. The van der Waals surface area contributed by atoms with Crippen LogP contribution in [0.25, 0.3) is 0 Å². The Bertz CT molecular complexity index is 133. The van der Waals surface area contributed by atoms with Crippen LogP contribution in [0.1, 0.15) is 41.0 Å². The molecule has 0 aliphatic rings. The molecule has 12 heavy (non-hydrogen) atoms. The molecule has 0 aliphatic carbocycles. The normalized spacial score (nSPS) is 11.3. The lowest BCUT2D eigenvalue weighted by atomic mass is 9.93. The molecule has 0 aromatic heterocycles. The predicted molar refractivity (Wildman–Crippen MR) is 51.9 cm³/mol. The summed E-state index contributed by atoms with van der Waals surface area (Å²) in [6.07, 6.45) is 0.579. The van der Waals surface area contributed by atoms with Crippen molar-refractivity contribution >= 4 is 5.91 Å². The molecular weight excluding hydrogens is 150 g/mol. The summed E-state index contributed by atoms with van der Waals surface area (Å²) in [5, 5.41) is 3.03. The maximum atomic E-state index is 11.1. The third-order valence-electron chi connectivity index (χ3n) is 2.09. The highest BCUT2D eigenvalue weighted by atomic mass is 16.1. The summed E-state index contributed by atoms with van der Waals surface area (Å²) >= 11 is 0. The quantitative estimate of drug-likeness (QED) is 0.690. The van der Waals surface area contributed by atoms with Crippen LogP contribution in [0.5, 0.6) is 0 Å². The molecule has 0 aliphatic heterocycles. The second kappa shape index (κ2) is 5.18. The molecular formula is C10H21NO. The number of amides is 1. The van der Waals surface area contributed by atoms with Gasteiger partial charge in [-0.25, -0.2) is 0 Å². The molecule has 2 nitrogen and oxygen atoms in total. The van der Waals surface area contributed by atoms with Gasteiger partial charge in [-0.05, 0) is 11.8 Å². The van der Waals surface area contributed by atoms with Crippen molar-refractivity contribution in [2.75, 3.05) is 0 Å². The molecule has 0 aromatic carbocycles. The van der Waals surface area contributed by atoms with Crippen LogP contribution >= 0.6 is 0 Å². The van der Waals surface area contributed by atoms with E-state index in [0.717, 1.165) is 0 Å². The first-order valence-electron chi connectivity index (χ1n) is 4.78. The monoisotopic (exact) mass is 171 g/mol. The number of hydrogen-bond donors (Lipinski definition) is 1. The third-order valence-corrected chi connectivity index (χ3v) is 2.09. The lowest BCUT2D eigenvalue weighted by Gasteiger charge is -2.25. The minimum Gasteiger partial charge on any atom is -0.353 e. The van der Waals surface area contributed by atoms with E-state index in [4.69, 9.17) is 0 Å². The molecule has 0 saturated heterocycles. The van der Waals surface area contributed by atoms with Gasteiger partial charge in [-0.1, -0.05) is 34.6 Å². The molecule has 2 heteroatoms. The standard InChI is InChI=1S/C10H21NO/c1-6-9(12)11-10(7(2)3)8(4)5/h7-8,10H,6H2,1-5H3,(H,11,12). The van der Waals surface area contributed by atoms with E-state index in [2.05, 4.69) is 33.0 Å². The van der Waals surface area contributed by atoms with Gasteiger partial charge >= 0.3 is 0 Å². The van der Waals surface area contributed by atoms with E-state index in [1.54, 1.807) is 0 Å². The van der Waals surface area contributed by atoms with Crippen LogP contribution in [-0.2, 0) is 4.79 Å². The van der Waals surface area contributed by atoms with E-state index in [9.17, 15) is 4.79 Å². The zero-order valence-electron chi connectivity index (χ0n) is 8.85. The zero-order valence-corrected chi connectivity index (χ0v) is 8.85. The summed E-state index contributed by atoms with van der Waals surface area (Å²) in [7, 11) is 0. The van der Waals surface area contributed by atoms with E-state index in [1.165, 1.54) is 0 Å². The van der Waals surface area contributed by atoms with Gasteiger partial charge in [0.1, 0.15) is 0 Å². The summed E-state index contributed by atoms with van der Waals surface area (Å²) in [5.41, 5.74) is 0. The topological polar surface area (TPSA) is 29.1 Å². The Hall–Kier alpha value is -0.530. The molecule has 1 amide bonds.